The Morgan fingerprint density at radius 1 is 1.46 bits per heavy atom. The Morgan fingerprint density at radius 2 is 2.08 bits per heavy atom. The molecule has 1 aromatic rings. The number of aryl methyl sites for hydroxylation is 1. The lowest BCUT2D eigenvalue weighted by Gasteiger charge is -2.13. The molecule has 0 heterocycles. The average molecular weight is 181 g/mol. The maximum Gasteiger partial charge on any atom is 0.120 e. The first-order chi connectivity index (χ1) is 6.06. The van der Waals surface area contributed by atoms with Gasteiger partial charge in [0.1, 0.15) is 5.75 Å². The molecule has 13 heavy (non-hydrogen) atoms. The molecule has 0 aliphatic heterocycles. The molecule has 0 aliphatic rings. The van der Waals surface area contributed by atoms with Crippen molar-refractivity contribution in [2.45, 2.75) is 13.0 Å². The summed E-state index contributed by atoms with van der Waals surface area (Å²) in [4.78, 5) is 0. The van der Waals surface area contributed by atoms with E-state index in [1.807, 2.05) is 6.92 Å². The predicted octanol–water partition coefficient (Wildman–Crippen LogP) is 0.241. The summed E-state index contributed by atoms with van der Waals surface area (Å²) in [5, 5.41) is 9.53. The summed E-state index contributed by atoms with van der Waals surface area (Å²) < 4.78 is 0. The van der Waals surface area contributed by atoms with Gasteiger partial charge < -0.3 is 22.3 Å². The molecule has 0 saturated heterocycles. The van der Waals surface area contributed by atoms with Crippen LogP contribution in [-0.4, -0.2) is 11.7 Å². The van der Waals surface area contributed by atoms with Crippen LogP contribution in [0.15, 0.2) is 12.1 Å². The smallest absolute Gasteiger partial charge is 0.120 e. The number of phenols is 1. The third-order valence-electron chi connectivity index (χ3n) is 2.07. The molecule has 0 saturated carbocycles. The highest BCUT2D eigenvalue weighted by molar-refractivity contribution is 5.54. The van der Waals surface area contributed by atoms with E-state index in [9.17, 15) is 5.11 Å². The molecule has 1 aromatic carbocycles. The zero-order valence-corrected chi connectivity index (χ0v) is 7.62. The monoisotopic (exact) mass is 181 g/mol. The lowest BCUT2D eigenvalue weighted by molar-refractivity contribution is 0.461. The molecule has 4 nitrogen and oxygen atoms in total. The summed E-state index contributed by atoms with van der Waals surface area (Å²) in [5.41, 5.74) is 18.8. The normalized spacial score (nSPS) is 12.8. The minimum atomic E-state index is -0.358. The van der Waals surface area contributed by atoms with E-state index < -0.39 is 0 Å². The molecule has 0 amide bonds. The van der Waals surface area contributed by atoms with Crippen molar-refractivity contribution in [3.63, 3.8) is 0 Å². The number of nitrogens with two attached hydrogens (primary N) is 3. The second-order valence-electron chi connectivity index (χ2n) is 3.11. The van der Waals surface area contributed by atoms with E-state index in [1.54, 1.807) is 12.1 Å². The van der Waals surface area contributed by atoms with E-state index in [0.29, 0.717) is 11.3 Å². The molecule has 0 unspecified atom stereocenters. The quantitative estimate of drug-likeness (QED) is 0.388. The van der Waals surface area contributed by atoms with Crippen molar-refractivity contribution < 1.29 is 5.11 Å². The molecule has 0 bridgehead atoms. The largest absolute Gasteiger partial charge is 0.508 e. The van der Waals surface area contributed by atoms with Crippen LogP contribution >= 0.6 is 0 Å². The Balaban J connectivity index is 3.15. The van der Waals surface area contributed by atoms with Crippen LogP contribution in [-0.2, 0) is 0 Å². The lowest BCUT2D eigenvalue weighted by Crippen LogP contribution is -2.21. The van der Waals surface area contributed by atoms with Gasteiger partial charge in [-0.05, 0) is 24.6 Å². The first-order valence-electron chi connectivity index (χ1n) is 4.11. The van der Waals surface area contributed by atoms with Crippen molar-refractivity contribution in [3.05, 3.63) is 23.3 Å². The first kappa shape index (κ1) is 9.83. The summed E-state index contributed by atoms with van der Waals surface area (Å²) in [5.74, 6) is 0.157. The summed E-state index contributed by atoms with van der Waals surface area (Å²) >= 11 is 0. The Bertz CT molecular complexity index is 312. The highest BCUT2D eigenvalue weighted by Crippen LogP contribution is 2.27. The molecule has 0 aromatic heterocycles. The van der Waals surface area contributed by atoms with Crippen molar-refractivity contribution in [1.29, 1.82) is 0 Å². The number of benzene rings is 1. The topological polar surface area (TPSA) is 98.3 Å². The van der Waals surface area contributed by atoms with Gasteiger partial charge in [-0.15, -0.1) is 0 Å². The van der Waals surface area contributed by atoms with Crippen LogP contribution in [0.5, 0.6) is 5.75 Å². The molecule has 72 valence electrons. The molecular formula is C9H15N3O. The van der Waals surface area contributed by atoms with Crippen molar-refractivity contribution in [2.24, 2.45) is 11.5 Å². The Kier molecular flexibility index (Phi) is 2.75. The fraction of sp³-hybridized carbons (Fsp3) is 0.333. The second kappa shape index (κ2) is 3.64. The van der Waals surface area contributed by atoms with Crippen LogP contribution in [0.1, 0.15) is 17.2 Å². The molecular weight excluding hydrogens is 166 g/mol. The number of aromatic hydroxyl groups is 1. The minimum absolute atomic E-state index is 0.157. The van der Waals surface area contributed by atoms with Crippen molar-refractivity contribution >= 4 is 5.69 Å². The van der Waals surface area contributed by atoms with Gasteiger partial charge in [0.2, 0.25) is 0 Å². The van der Waals surface area contributed by atoms with E-state index in [2.05, 4.69) is 0 Å². The third kappa shape index (κ3) is 1.91. The van der Waals surface area contributed by atoms with E-state index in [1.165, 1.54) is 0 Å². The van der Waals surface area contributed by atoms with Gasteiger partial charge in [-0.2, -0.15) is 0 Å². The zero-order valence-electron chi connectivity index (χ0n) is 7.62. The summed E-state index contributed by atoms with van der Waals surface area (Å²) in [6, 6.07) is 2.91. The van der Waals surface area contributed by atoms with Crippen LogP contribution in [0.3, 0.4) is 0 Å². The van der Waals surface area contributed by atoms with Crippen molar-refractivity contribution in [1.82, 2.24) is 0 Å². The Labute approximate surface area is 77.3 Å². The highest BCUT2D eigenvalue weighted by atomic mass is 16.3. The standard InChI is InChI=1S/C9H15N3O/c1-5-2-9(13)6(3-7(5)11)8(12)4-10/h2-3,8,13H,4,10-12H2,1H3/t8-/m1/s1. The van der Waals surface area contributed by atoms with E-state index in [0.717, 1.165) is 5.56 Å². The predicted molar refractivity (Wildman–Crippen MR) is 53.2 cm³/mol. The molecule has 0 aliphatic carbocycles. The summed E-state index contributed by atoms with van der Waals surface area (Å²) in [6.45, 7) is 2.11. The van der Waals surface area contributed by atoms with Gasteiger partial charge in [-0.25, -0.2) is 0 Å². The van der Waals surface area contributed by atoms with Gasteiger partial charge in [-0.1, -0.05) is 0 Å². The van der Waals surface area contributed by atoms with Crippen molar-refractivity contribution in [2.75, 3.05) is 12.3 Å². The number of nitrogen functional groups attached to an aromatic ring is 1. The van der Waals surface area contributed by atoms with Gasteiger partial charge in [0.15, 0.2) is 0 Å². The van der Waals surface area contributed by atoms with E-state index in [-0.39, 0.29) is 18.3 Å². The number of rotatable bonds is 2. The molecule has 7 N–H and O–H groups in total. The number of phenolic OH excluding ortho intramolecular Hbond substituents is 1. The molecule has 0 fully saturated rings. The van der Waals surface area contributed by atoms with Gasteiger partial charge in [0, 0.05) is 23.8 Å². The number of hydrogen-bond donors (Lipinski definition) is 4. The van der Waals surface area contributed by atoms with Crippen molar-refractivity contribution in [3.8, 4) is 5.75 Å². The van der Waals surface area contributed by atoms with Gasteiger partial charge in [-0.3, -0.25) is 0 Å². The van der Waals surface area contributed by atoms with Crippen LogP contribution in [0.4, 0.5) is 5.69 Å². The van der Waals surface area contributed by atoms with Crippen LogP contribution < -0.4 is 17.2 Å². The average Bonchev–Trinajstić information content (AvgIpc) is 2.10. The SMILES string of the molecule is Cc1cc(O)c([C@H](N)CN)cc1N. The van der Waals surface area contributed by atoms with Crippen LogP contribution in [0.2, 0.25) is 0 Å². The Hall–Kier alpha value is -1.26. The van der Waals surface area contributed by atoms with Gasteiger partial charge in [0.05, 0.1) is 0 Å². The number of hydrogen-bond acceptors (Lipinski definition) is 4. The second-order valence-corrected chi connectivity index (χ2v) is 3.11. The number of anilines is 1. The maximum absolute atomic E-state index is 9.53. The summed E-state index contributed by atoms with van der Waals surface area (Å²) in [6.07, 6.45) is 0. The lowest BCUT2D eigenvalue weighted by atomic mass is 10.0. The molecule has 1 rings (SSSR count). The molecule has 4 heteroatoms. The van der Waals surface area contributed by atoms with Crippen LogP contribution in [0, 0.1) is 6.92 Å². The summed E-state index contributed by atoms with van der Waals surface area (Å²) in [7, 11) is 0. The van der Waals surface area contributed by atoms with Crippen LogP contribution in [0.25, 0.3) is 0 Å². The fourth-order valence-electron chi connectivity index (χ4n) is 1.15. The molecule has 0 spiro atoms. The molecule has 0 radical (unpaired) electrons. The molecule has 1 atom stereocenters. The zero-order chi connectivity index (χ0) is 10.0. The highest BCUT2D eigenvalue weighted by Gasteiger charge is 2.10. The van der Waals surface area contributed by atoms with Gasteiger partial charge in [0.25, 0.3) is 0 Å². The maximum atomic E-state index is 9.53. The van der Waals surface area contributed by atoms with E-state index in [4.69, 9.17) is 17.2 Å². The van der Waals surface area contributed by atoms with E-state index >= 15 is 0 Å². The first-order valence-corrected chi connectivity index (χ1v) is 4.11. The van der Waals surface area contributed by atoms with Gasteiger partial charge >= 0.3 is 0 Å². The fourth-order valence-corrected chi connectivity index (χ4v) is 1.15. The Morgan fingerprint density at radius 3 is 2.62 bits per heavy atom. The third-order valence-corrected chi connectivity index (χ3v) is 2.07. The minimum Gasteiger partial charge on any atom is -0.508 e.